The Labute approximate surface area is 127 Å². The van der Waals surface area contributed by atoms with Crippen LogP contribution in [0.3, 0.4) is 0 Å². The van der Waals surface area contributed by atoms with E-state index in [-0.39, 0.29) is 16.9 Å². The zero-order chi connectivity index (χ0) is 14.7. The Balaban J connectivity index is 2.33. The molecule has 2 aromatic rings. The highest BCUT2D eigenvalue weighted by molar-refractivity contribution is 6.31. The molecule has 20 heavy (non-hydrogen) atoms. The molecule has 0 amide bonds. The van der Waals surface area contributed by atoms with Gasteiger partial charge in [0.05, 0.1) is 28.0 Å². The lowest BCUT2D eigenvalue weighted by molar-refractivity contribution is 0.495. The predicted octanol–water partition coefficient (Wildman–Crippen LogP) is 3.76. The highest BCUT2D eigenvalue weighted by Gasteiger charge is 2.20. The second kappa shape index (κ2) is 6.57. The molecule has 6 heteroatoms. The first-order chi connectivity index (χ1) is 9.54. The lowest BCUT2D eigenvalue weighted by Crippen LogP contribution is -2.25. The number of aryl methyl sites for hydroxylation is 1. The highest BCUT2D eigenvalue weighted by atomic mass is 35.5. The molecule has 1 aromatic heterocycles. The van der Waals surface area contributed by atoms with Gasteiger partial charge in [0.1, 0.15) is 5.82 Å². The van der Waals surface area contributed by atoms with Gasteiger partial charge in [-0.15, -0.1) is 0 Å². The second-order valence-electron chi connectivity index (χ2n) is 4.53. The van der Waals surface area contributed by atoms with Crippen molar-refractivity contribution in [2.75, 3.05) is 6.54 Å². The Bertz CT molecular complexity index is 579. The minimum Gasteiger partial charge on any atom is -0.309 e. The van der Waals surface area contributed by atoms with Crippen molar-refractivity contribution < 1.29 is 4.39 Å². The number of halogens is 3. The Morgan fingerprint density at radius 3 is 2.70 bits per heavy atom. The van der Waals surface area contributed by atoms with Gasteiger partial charge in [-0.1, -0.05) is 42.3 Å². The molecule has 1 unspecified atom stereocenters. The Hall–Kier alpha value is -1.10. The molecule has 3 nitrogen and oxygen atoms in total. The number of rotatable bonds is 5. The third-order valence-corrected chi connectivity index (χ3v) is 3.76. The fourth-order valence-electron chi connectivity index (χ4n) is 2.25. The molecule has 0 radical (unpaired) electrons. The number of nitrogens with one attached hydrogen (secondary N) is 1. The Morgan fingerprint density at radius 2 is 2.10 bits per heavy atom. The summed E-state index contributed by atoms with van der Waals surface area (Å²) in [6.07, 6.45) is 2.05. The maximum Gasteiger partial charge on any atom is 0.145 e. The molecule has 0 saturated carbocycles. The third kappa shape index (κ3) is 3.14. The molecule has 0 saturated heterocycles. The molecule has 1 atom stereocenters. The van der Waals surface area contributed by atoms with Crippen molar-refractivity contribution in [2.24, 2.45) is 7.05 Å². The van der Waals surface area contributed by atoms with Crippen LogP contribution in [0.4, 0.5) is 4.39 Å². The smallest absolute Gasteiger partial charge is 0.145 e. The van der Waals surface area contributed by atoms with E-state index in [0.29, 0.717) is 17.0 Å². The molecule has 0 spiro atoms. The van der Waals surface area contributed by atoms with Crippen LogP contribution >= 0.6 is 23.2 Å². The number of likely N-dealkylation sites (N-methyl/N-ethyl adjacent to an activating group) is 1. The van der Waals surface area contributed by atoms with Gasteiger partial charge >= 0.3 is 0 Å². The van der Waals surface area contributed by atoms with E-state index < -0.39 is 0 Å². The van der Waals surface area contributed by atoms with Crippen LogP contribution in [0.2, 0.25) is 10.0 Å². The Morgan fingerprint density at radius 1 is 1.35 bits per heavy atom. The van der Waals surface area contributed by atoms with Crippen molar-refractivity contribution in [2.45, 2.75) is 19.4 Å². The fraction of sp³-hybridized carbons (Fsp3) is 0.357. The number of aromatic nitrogens is 2. The van der Waals surface area contributed by atoms with E-state index >= 15 is 0 Å². The van der Waals surface area contributed by atoms with Gasteiger partial charge in [-0.2, -0.15) is 5.10 Å². The third-order valence-electron chi connectivity index (χ3n) is 3.17. The summed E-state index contributed by atoms with van der Waals surface area (Å²) in [5, 5.41) is 8.14. The molecule has 2 rings (SSSR count). The van der Waals surface area contributed by atoms with Gasteiger partial charge in [0.25, 0.3) is 0 Å². The first-order valence-electron chi connectivity index (χ1n) is 6.38. The highest BCUT2D eigenvalue weighted by Crippen LogP contribution is 2.27. The van der Waals surface area contributed by atoms with Crippen LogP contribution in [-0.4, -0.2) is 16.3 Å². The summed E-state index contributed by atoms with van der Waals surface area (Å²) < 4.78 is 15.7. The number of hydrogen-bond donors (Lipinski definition) is 1. The standard InChI is InChI=1S/C14H16Cl2FN3/c1-3-18-12(14-11(16)8-19-20(14)2)7-9-5-4-6-10(15)13(9)17/h4-6,8,12,18H,3,7H2,1-2H3. The lowest BCUT2D eigenvalue weighted by Gasteiger charge is -2.19. The number of nitrogens with zero attached hydrogens (tertiary/aromatic N) is 2. The van der Waals surface area contributed by atoms with Gasteiger partial charge in [0.2, 0.25) is 0 Å². The van der Waals surface area contributed by atoms with Crippen molar-refractivity contribution in [1.29, 1.82) is 0 Å². The van der Waals surface area contributed by atoms with E-state index in [9.17, 15) is 4.39 Å². The predicted molar refractivity (Wildman–Crippen MR) is 79.7 cm³/mol. The molecule has 0 aliphatic heterocycles. The normalized spacial score (nSPS) is 12.7. The summed E-state index contributed by atoms with van der Waals surface area (Å²) in [6.45, 7) is 2.74. The molecule has 108 valence electrons. The molecule has 0 fully saturated rings. The van der Waals surface area contributed by atoms with Gasteiger partial charge in [0, 0.05) is 7.05 Å². The van der Waals surface area contributed by atoms with Crippen LogP contribution in [0.5, 0.6) is 0 Å². The number of benzene rings is 1. The first kappa shape index (κ1) is 15.3. The fourth-order valence-corrected chi connectivity index (χ4v) is 2.74. The largest absolute Gasteiger partial charge is 0.309 e. The molecular weight excluding hydrogens is 300 g/mol. The summed E-state index contributed by atoms with van der Waals surface area (Å²) in [4.78, 5) is 0. The summed E-state index contributed by atoms with van der Waals surface area (Å²) in [5.41, 5.74) is 1.40. The van der Waals surface area contributed by atoms with Crippen molar-refractivity contribution >= 4 is 23.2 Å². The summed E-state index contributed by atoms with van der Waals surface area (Å²) in [5.74, 6) is -0.379. The van der Waals surface area contributed by atoms with E-state index in [1.807, 2.05) is 14.0 Å². The van der Waals surface area contributed by atoms with Crippen LogP contribution in [0, 0.1) is 5.82 Å². The van der Waals surface area contributed by atoms with Crippen LogP contribution in [0.1, 0.15) is 24.2 Å². The van der Waals surface area contributed by atoms with Gasteiger partial charge in [-0.25, -0.2) is 4.39 Å². The minimum absolute atomic E-state index is 0.118. The van der Waals surface area contributed by atoms with E-state index in [1.165, 1.54) is 0 Å². The maximum absolute atomic E-state index is 14.0. The summed E-state index contributed by atoms with van der Waals surface area (Å²) in [7, 11) is 1.82. The van der Waals surface area contributed by atoms with Gasteiger partial charge in [0.15, 0.2) is 0 Å². The molecule has 1 aromatic carbocycles. The first-order valence-corrected chi connectivity index (χ1v) is 7.13. The second-order valence-corrected chi connectivity index (χ2v) is 5.34. The van der Waals surface area contributed by atoms with E-state index in [4.69, 9.17) is 23.2 Å². The summed E-state index contributed by atoms with van der Waals surface area (Å²) in [6, 6.07) is 4.90. The molecule has 0 aliphatic carbocycles. The van der Waals surface area contributed by atoms with Crippen LogP contribution in [-0.2, 0) is 13.5 Å². The van der Waals surface area contributed by atoms with Crippen molar-refractivity contribution in [3.05, 3.63) is 51.5 Å². The monoisotopic (exact) mass is 315 g/mol. The SMILES string of the molecule is CCNC(Cc1cccc(Cl)c1F)c1c(Cl)cnn1C. The molecule has 0 bridgehead atoms. The van der Waals surface area contributed by atoms with Crippen LogP contribution < -0.4 is 5.32 Å². The Kier molecular flexibility index (Phi) is 5.02. The van der Waals surface area contributed by atoms with Crippen molar-refractivity contribution in [3.8, 4) is 0 Å². The number of hydrogen-bond acceptors (Lipinski definition) is 2. The molecule has 0 aliphatic rings. The van der Waals surface area contributed by atoms with Crippen LogP contribution in [0.15, 0.2) is 24.4 Å². The van der Waals surface area contributed by atoms with Gasteiger partial charge in [-0.3, -0.25) is 4.68 Å². The zero-order valence-corrected chi connectivity index (χ0v) is 12.8. The quantitative estimate of drug-likeness (QED) is 0.910. The summed E-state index contributed by atoms with van der Waals surface area (Å²) >= 11 is 12.0. The van der Waals surface area contributed by atoms with Crippen molar-refractivity contribution in [1.82, 2.24) is 15.1 Å². The topological polar surface area (TPSA) is 29.9 Å². The van der Waals surface area contributed by atoms with E-state index in [0.717, 1.165) is 12.2 Å². The average molecular weight is 316 g/mol. The molecular formula is C14H16Cl2FN3. The van der Waals surface area contributed by atoms with Crippen LogP contribution in [0.25, 0.3) is 0 Å². The minimum atomic E-state index is -0.379. The molecule has 1 heterocycles. The van der Waals surface area contributed by atoms with Gasteiger partial charge in [-0.05, 0) is 24.6 Å². The van der Waals surface area contributed by atoms with E-state index in [2.05, 4.69) is 10.4 Å². The van der Waals surface area contributed by atoms with Crippen molar-refractivity contribution in [3.63, 3.8) is 0 Å². The maximum atomic E-state index is 14.0. The average Bonchev–Trinajstić information content (AvgIpc) is 2.74. The van der Waals surface area contributed by atoms with Gasteiger partial charge < -0.3 is 5.32 Å². The zero-order valence-electron chi connectivity index (χ0n) is 11.3. The van der Waals surface area contributed by atoms with E-state index in [1.54, 1.807) is 29.1 Å². The molecule has 1 N–H and O–H groups in total. The lowest BCUT2D eigenvalue weighted by atomic mass is 10.0.